The Hall–Kier alpha value is -3.08. The lowest BCUT2D eigenvalue weighted by atomic mass is 9.76. The van der Waals surface area contributed by atoms with Gasteiger partial charge < -0.3 is 5.32 Å². The maximum atomic E-state index is 12.9. The minimum absolute atomic E-state index is 0.370. The van der Waals surface area contributed by atoms with Gasteiger partial charge in [-0.1, -0.05) is 60.7 Å². The van der Waals surface area contributed by atoms with Crippen molar-refractivity contribution in [3.8, 4) is 0 Å². The highest BCUT2D eigenvalue weighted by Gasteiger charge is 2.49. The van der Waals surface area contributed by atoms with Crippen molar-refractivity contribution in [1.29, 1.82) is 0 Å². The van der Waals surface area contributed by atoms with Crippen LogP contribution in [0.3, 0.4) is 0 Å². The molecule has 0 spiro atoms. The summed E-state index contributed by atoms with van der Waals surface area (Å²) in [6.07, 6.45) is 1.58. The van der Waals surface area contributed by atoms with Gasteiger partial charge in [0.2, 0.25) is 5.91 Å². The molecular weight excluding hydrogens is 363 g/mol. The molecule has 2 aliphatic carbocycles. The maximum absolute atomic E-state index is 12.9. The quantitative estimate of drug-likeness (QED) is 0.604. The molecule has 1 amide bonds. The maximum Gasteiger partial charge on any atom is 0.405 e. The van der Waals surface area contributed by atoms with E-state index in [1.807, 2.05) is 60.7 Å². The van der Waals surface area contributed by atoms with Gasteiger partial charge in [0.1, 0.15) is 12.0 Å². The summed E-state index contributed by atoms with van der Waals surface area (Å²) in [5.74, 6) is -0.597. The van der Waals surface area contributed by atoms with Crippen LogP contribution in [0.2, 0.25) is 0 Å². The number of halogens is 3. The number of allylic oxidation sites excluding steroid dienone is 2. The number of hydrogen-bond acceptors (Lipinski definition) is 1. The SMILES string of the molecule is O=C(NCC(F)(F)F)C12CC=CC1=Cc1c2ccc2c1ccc1ccccc12. The minimum Gasteiger partial charge on any atom is -0.346 e. The molecule has 140 valence electrons. The van der Waals surface area contributed by atoms with Crippen LogP contribution in [0.1, 0.15) is 17.5 Å². The van der Waals surface area contributed by atoms with Gasteiger partial charge in [-0.2, -0.15) is 13.2 Å². The van der Waals surface area contributed by atoms with Gasteiger partial charge in [0.15, 0.2) is 0 Å². The Balaban J connectivity index is 1.68. The summed E-state index contributed by atoms with van der Waals surface area (Å²) in [6, 6.07) is 16.0. The zero-order valence-corrected chi connectivity index (χ0v) is 14.8. The molecule has 1 N–H and O–H groups in total. The smallest absolute Gasteiger partial charge is 0.346 e. The lowest BCUT2D eigenvalue weighted by Gasteiger charge is -2.28. The first-order chi connectivity index (χ1) is 13.4. The fourth-order valence-corrected chi connectivity index (χ4v) is 4.53. The first-order valence-electron chi connectivity index (χ1n) is 9.09. The van der Waals surface area contributed by atoms with Crippen molar-refractivity contribution >= 4 is 33.5 Å². The van der Waals surface area contributed by atoms with Gasteiger partial charge in [-0.15, -0.1) is 0 Å². The van der Waals surface area contributed by atoms with Crippen LogP contribution >= 0.6 is 0 Å². The molecule has 1 unspecified atom stereocenters. The first kappa shape index (κ1) is 17.0. The molecule has 2 nitrogen and oxygen atoms in total. The molecule has 0 radical (unpaired) electrons. The number of carbonyl (C=O) groups excluding carboxylic acids is 1. The third-order valence-corrected chi connectivity index (χ3v) is 5.78. The van der Waals surface area contributed by atoms with Crippen molar-refractivity contribution in [1.82, 2.24) is 5.32 Å². The van der Waals surface area contributed by atoms with Gasteiger partial charge in [-0.3, -0.25) is 4.79 Å². The summed E-state index contributed by atoms with van der Waals surface area (Å²) in [4.78, 5) is 12.9. The number of benzene rings is 3. The Kier molecular flexibility index (Phi) is 3.48. The van der Waals surface area contributed by atoms with E-state index in [2.05, 4.69) is 11.4 Å². The Morgan fingerprint density at radius 1 is 1.00 bits per heavy atom. The Morgan fingerprint density at radius 3 is 2.61 bits per heavy atom. The van der Waals surface area contributed by atoms with Crippen LogP contribution in [-0.2, 0) is 10.2 Å². The van der Waals surface area contributed by atoms with Crippen molar-refractivity contribution in [3.63, 3.8) is 0 Å². The molecule has 3 aromatic rings. The number of carbonyl (C=O) groups is 1. The van der Waals surface area contributed by atoms with Crippen LogP contribution in [0, 0.1) is 0 Å². The van der Waals surface area contributed by atoms with E-state index in [1.165, 1.54) is 0 Å². The lowest BCUT2D eigenvalue weighted by molar-refractivity contribution is -0.140. The Morgan fingerprint density at radius 2 is 1.79 bits per heavy atom. The molecule has 0 saturated carbocycles. The fourth-order valence-electron chi connectivity index (χ4n) is 4.53. The van der Waals surface area contributed by atoms with Crippen LogP contribution in [0.5, 0.6) is 0 Å². The Labute approximate surface area is 159 Å². The summed E-state index contributed by atoms with van der Waals surface area (Å²) in [6.45, 7) is -1.32. The van der Waals surface area contributed by atoms with Gasteiger partial charge in [-0.25, -0.2) is 0 Å². The highest BCUT2D eigenvalue weighted by molar-refractivity contribution is 6.13. The number of hydrogen-bond donors (Lipinski definition) is 1. The Bertz CT molecular complexity index is 1210. The van der Waals surface area contributed by atoms with E-state index in [0.29, 0.717) is 6.42 Å². The summed E-state index contributed by atoms with van der Waals surface area (Å²) in [7, 11) is 0. The normalized spacial score (nSPS) is 20.3. The van der Waals surface area contributed by atoms with Crippen molar-refractivity contribution < 1.29 is 18.0 Å². The molecule has 3 aromatic carbocycles. The van der Waals surface area contributed by atoms with E-state index in [9.17, 15) is 18.0 Å². The molecule has 0 fully saturated rings. The van der Waals surface area contributed by atoms with Crippen molar-refractivity contribution in [2.24, 2.45) is 0 Å². The second-order valence-electron chi connectivity index (χ2n) is 7.32. The van der Waals surface area contributed by atoms with E-state index in [4.69, 9.17) is 0 Å². The molecule has 0 bridgehead atoms. The molecule has 5 rings (SSSR count). The topological polar surface area (TPSA) is 29.1 Å². The molecule has 2 aliphatic rings. The fraction of sp³-hybridized carbons (Fsp3) is 0.174. The number of fused-ring (bicyclic) bond motifs is 7. The molecule has 0 heterocycles. The van der Waals surface area contributed by atoms with E-state index < -0.39 is 24.0 Å². The summed E-state index contributed by atoms with van der Waals surface area (Å²) >= 11 is 0. The van der Waals surface area contributed by atoms with E-state index in [1.54, 1.807) is 0 Å². The average molecular weight is 379 g/mol. The average Bonchev–Trinajstić information content (AvgIpc) is 3.22. The van der Waals surface area contributed by atoms with E-state index >= 15 is 0 Å². The predicted octanol–water partition coefficient (Wildman–Crippen LogP) is 5.27. The molecule has 0 aromatic heterocycles. The second-order valence-corrected chi connectivity index (χ2v) is 7.32. The third-order valence-electron chi connectivity index (χ3n) is 5.78. The third kappa shape index (κ3) is 2.32. The highest BCUT2D eigenvalue weighted by Crippen LogP contribution is 2.51. The van der Waals surface area contributed by atoms with Gasteiger partial charge in [-0.05, 0) is 50.7 Å². The van der Waals surface area contributed by atoms with Crippen LogP contribution in [-0.4, -0.2) is 18.6 Å². The monoisotopic (exact) mass is 379 g/mol. The van der Waals surface area contributed by atoms with Crippen molar-refractivity contribution in [2.75, 3.05) is 6.54 Å². The molecular formula is C23H16F3NO. The van der Waals surface area contributed by atoms with Gasteiger partial charge in [0.25, 0.3) is 0 Å². The molecule has 0 aliphatic heterocycles. The van der Waals surface area contributed by atoms with Crippen LogP contribution in [0.25, 0.3) is 27.6 Å². The molecule has 5 heteroatoms. The highest BCUT2D eigenvalue weighted by atomic mass is 19.4. The van der Waals surface area contributed by atoms with E-state index in [-0.39, 0.29) is 0 Å². The van der Waals surface area contributed by atoms with Crippen molar-refractivity contribution in [3.05, 3.63) is 77.4 Å². The first-order valence-corrected chi connectivity index (χ1v) is 9.09. The number of amides is 1. The summed E-state index contributed by atoms with van der Waals surface area (Å²) < 4.78 is 38.0. The van der Waals surface area contributed by atoms with Gasteiger partial charge >= 0.3 is 6.18 Å². The van der Waals surface area contributed by atoms with Crippen LogP contribution < -0.4 is 5.32 Å². The standard InChI is InChI=1S/C23H16F3NO/c24-23(25,26)13-27-21(28)22-11-3-5-15(22)12-19-18-8-7-14-4-1-2-6-16(14)17(18)9-10-20(19)22/h1-10,12H,11,13H2,(H,27,28). The lowest BCUT2D eigenvalue weighted by Crippen LogP contribution is -2.46. The predicted molar refractivity (Wildman–Crippen MR) is 104 cm³/mol. The second kappa shape index (κ2) is 5.71. The molecule has 0 saturated heterocycles. The van der Waals surface area contributed by atoms with Crippen LogP contribution in [0.15, 0.2) is 66.3 Å². The zero-order valence-electron chi connectivity index (χ0n) is 14.8. The van der Waals surface area contributed by atoms with Gasteiger partial charge in [0, 0.05) is 0 Å². The van der Waals surface area contributed by atoms with E-state index in [0.717, 1.165) is 38.2 Å². The number of nitrogens with one attached hydrogen (secondary N) is 1. The largest absolute Gasteiger partial charge is 0.405 e. The summed E-state index contributed by atoms with van der Waals surface area (Å²) in [5, 5.41) is 6.42. The molecule has 1 atom stereocenters. The van der Waals surface area contributed by atoms with Gasteiger partial charge in [0.05, 0.1) is 0 Å². The van der Waals surface area contributed by atoms with Crippen molar-refractivity contribution in [2.45, 2.75) is 18.0 Å². The number of alkyl halides is 3. The molecule has 28 heavy (non-hydrogen) atoms. The summed E-state index contributed by atoms with van der Waals surface area (Å²) in [5.41, 5.74) is 1.38. The number of rotatable bonds is 2. The minimum atomic E-state index is -4.44. The zero-order chi connectivity index (χ0) is 19.5. The van der Waals surface area contributed by atoms with Crippen LogP contribution in [0.4, 0.5) is 13.2 Å².